The highest BCUT2D eigenvalue weighted by molar-refractivity contribution is 4.93. The molecule has 0 aromatic carbocycles. The van der Waals surface area contributed by atoms with Gasteiger partial charge >= 0.3 is 0 Å². The van der Waals surface area contributed by atoms with Crippen LogP contribution in [0.4, 0.5) is 0 Å². The van der Waals surface area contributed by atoms with Gasteiger partial charge in [0.05, 0.1) is 13.2 Å². The van der Waals surface area contributed by atoms with Crippen molar-refractivity contribution in [3.8, 4) is 0 Å². The Hall–Kier alpha value is -0.120. The zero-order valence-corrected chi connectivity index (χ0v) is 11.6. The maximum atomic E-state index is 6.17. The number of hydrogen-bond acceptors (Lipinski definition) is 3. The molecule has 0 bridgehead atoms. The molecule has 3 heteroatoms. The maximum Gasteiger partial charge on any atom is 0.0624 e. The van der Waals surface area contributed by atoms with E-state index in [1.54, 1.807) is 0 Å². The van der Waals surface area contributed by atoms with Crippen LogP contribution in [0.2, 0.25) is 0 Å². The van der Waals surface area contributed by atoms with E-state index in [1.165, 1.54) is 25.7 Å². The van der Waals surface area contributed by atoms with E-state index in [2.05, 4.69) is 25.8 Å². The molecule has 4 unspecified atom stereocenters. The Labute approximate surface area is 106 Å². The topological polar surface area (TPSA) is 38.5 Å². The summed E-state index contributed by atoms with van der Waals surface area (Å²) in [5, 5.41) is 0. The normalized spacial score (nSPS) is 43.2. The third kappa shape index (κ3) is 3.01. The first-order chi connectivity index (χ1) is 8.01. The number of ether oxygens (including phenoxy) is 1. The second-order valence-electron chi connectivity index (χ2n) is 6.62. The van der Waals surface area contributed by atoms with Gasteiger partial charge in [-0.3, -0.25) is 0 Å². The smallest absolute Gasteiger partial charge is 0.0624 e. The molecule has 0 aromatic rings. The Bertz CT molecular complexity index is 259. The van der Waals surface area contributed by atoms with Crippen LogP contribution in [0, 0.1) is 11.3 Å². The van der Waals surface area contributed by atoms with Crippen molar-refractivity contribution < 1.29 is 4.74 Å². The Kier molecular flexibility index (Phi) is 4.11. The van der Waals surface area contributed by atoms with Crippen LogP contribution in [-0.2, 0) is 4.74 Å². The summed E-state index contributed by atoms with van der Waals surface area (Å²) in [6.45, 7) is 7.28. The van der Waals surface area contributed by atoms with Gasteiger partial charge in [0.25, 0.3) is 0 Å². The zero-order valence-electron chi connectivity index (χ0n) is 11.6. The zero-order chi connectivity index (χ0) is 12.5. The fourth-order valence-electron chi connectivity index (χ4n) is 3.39. The van der Waals surface area contributed by atoms with Crippen LogP contribution in [0.3, 0.4) is 0 Å². The lowest BCUT2D eigenvalue weighted by Gasteiger charge is -2.39. The lowest BCUT2D eigenvalue weighted by molar-refractivity contribution is 0.0885. The number of nitrogens with zero attached hydrogens (tertiary/aromatic N) is 1. The summed E-state index contributed by atoms with van der Waals surface area (Å²) >= 11 is 0. The first-order valence-corrected chi connectivity index (χ1v) is 7.05. The van der Waals surface area contributed by atoms with Gasteiger partial charge in [-0.25, -0.2) is 0 Å². The Balaban J connectivity index is 1.89. The second kappa shape index (κ2) is 5.25. The van der Waals surface area contributed by atoms with Gasteiger partial charge < -0.3 is 15.4 Å². The fraction of sp³-hybridized carbons (Fsp3) is 1.00. The van der Waals surface area contributed by atoms with Crippen LogP contribution >= 0.6 is 0 Å². The van der Waals surface area contributed by atoms with E-state index in [1.807, 2.05) is 0 Å². The quantitative estimate of drug-likeness (QED) is 0.818. The Morgan fingerprint density at radius 1 is 1.41 bits per heavy atom. The van der Waals surface area contributed by atoms with Gasteiger partial charge in [-0.2, -0.15) is 0 Å². The molecule has 0 radical (unpaired) electrons. The minimum Gasteiger partial charge on any atom is -0.379 e. The fourth-order valence-corrected chi connectivity index (χ4v) is 3.39. The minimum absolute atomic E-state index is 0.148. The molecule has 0 spiro atoms. The van der Waals surface area contributed by atoms with Crippen LogP contribution in [0.5, 0.6) is 0 Å². The van der Waals surface area contributed by atoms with Gasteiger partial charge in [0, 0.05) is 24.0 Å². The summed E-state index contributed by atoms with van der Waals surface area (Å²) in [5.41, 5.74) is 6.31. The molecule has 2 fully saturated rings. The summed E-state index contributed by atoms with van der Waals surface area (Å²) in [6, 6.07) is 0.953. The van der Waals surface area contributed by atoms with Crippen molar-refractivity contribution in [3.05, 3.63) is 0 Å². The van der Waals surface area contributed by atoms with E-state index < -0.39 is 0 Å². The van der Waals surface area contributed by atoms with Gasteiger partial charge in [0.2, 0.25) is 0 Å². The van der Waals surface area contributed by atoms with Crippen molar-refractivity contribution in [1.29, 1.82) is 0 Å². The Morgan fingerprint density at radius 2 is 2.18 bits per heavy atom. The summed E-state index contributed by atoms with van der Waals surface area (Å²) in [4.78, 5) is 2.53. The average Bonchev–Trinajstić information content (AvgIpc) is 2.59. The third-order valence-corrected chi connectivity index (χ3v) is 4.77. The SMILES string of the molecule is CC1CCCC(N(C)CC2(C)COCC2N)C1. The highest BCUT2D eigenvalue weighted by Gasteiger charge is 2.39. The minimum atomic E-state index is 0.148. The molecule has 2 rings (SSSR count). The molecule has 1 aliphatic carbocycles. The van der Waals surface area contributed by atoms with Crippen molar-refractivity contribution in [1.82, 2.24) is 4.90 Å². The lowest BCUT2D eigenvalue weighted by atomic mass is 9.82. The van der Waals surface area contributed by atoms with Gasteiger partial charge in [0.15, 0.2) is 0 Å². The molecule has 0 aromatic heterocycles. The van der Waals surface area contributed by atoms with E-state index in [9.17, 15) is 0 Å². The molecule has 4 atom stereocenters. The van der Waals surface area contributed by atoms with E-state index in [-0.39, 0.29) is 11.5 Å². The molecular weight excluding hydrogens is 212 g/mol. The standard InChI is InChI=1S/C14H28N2O/c1-11-5-4-6-12(7-11)16(3)9-14(2)10-17-8-13(14)15/h11-13H,4-10,15H2,1-3H3. The van der Waals surface area contributed by atoms with Crippen molar-refractivity contribution in [2.24, 2.45) is 17.1 Å². The molecule has 1 saturated carbocycles. The predicted octanol–water partition coefficient (Wildman–Crippen LogP) is 1.86. The molecule has 1 aliphatic heterocycles. The van der Waals surface area contributed by atoms with Gasteiger partial charge in [0.1, 0.15) is 0 Å². The first kappa shape index (κ1) is 13.3. The van der Waals surface area contributed by atoms with Gasteiger partial charge in [-0.1, -0.05) is 26.7 Å². The molecule has 0 amide bonds. The molecular formula is C14H28N2O. The number of nitrogens with two attached hydrogens (primary N) is 1. The monoisotopic (exact) mass is 240 g/mol. The van der Waals surface area contributed by atoms with Crippen molar-refractivity contribution >= 4 is 0 Å². The van der Waals surface area contributed by atoms with Crippen molar-refractivity contribution in [3.63, 3.8) is 0 Å². The van der Waals surface area contributed by atoms with Crippen molar-refractivity contribution in [2.45, 2.75) is 51.6 Å². The molecule has 17 heavy (non-hydrogen) atoms. The van der Waals surface area contributed by atoms with Crippen LogP contribution in [0.1, 0.15) is 39.5 Å². The third-order valence-electron chi connectivity index (χ3n) is 4.77. The maximum absolute atomic E-state index is 6.17. The number of rotatable bonds is 3. The van der Waals surface area contributed by atoms with Crippen LogP contribution < -0.4 is 5.73 Å². The molecule has 1 saturated heterocycles. The molecule has 100 valence electrons. The van der Waals surface area contributed by atoms with E-state index in [4.69, 9.17) is 10.5 Å². The van der Waals surface area contributed by atoms with Crippen molar-refractivity contribution in [2.75, 3.05) is 26.8 Å². The molecule has 2 N–H and O–H groups in total. The summed E-state index contributed by atoms with van der Waals surface area (Å²) < 4.78 is 5.53. The van der Waals surface area contributed by atoms with E-state index >= 15 is 0 Å². The molecule has 1 heterocycles. The van der Waals surface area contributed by atoms with Crippen LogP contribution in [-0.4, -0.2) is 43.8 Å². The predicted molar refractivity (Wildman–Crippen MR) is 71.0 cm³/mol. The molecule has 3 nitrogen and oxygen atoms in total. The highest BCUT2D eigenvalue weighted by Crippen LogP contribution is 2.32. The highest BCUT2D eigenvalue weighted by atomic mass is 16.5. The van der Waals surface area contributed by atoms with Crippen LogP contribution in [0.15, 0.2) is 0 Å². The number of hydrogen-bond donors (Lipinski definition) is 1. The van der Waals surface area contributed by atoms with E-state index in [0.717, 1.165) is 31.7 Å². The summed E-state index contributed by atoms with van der Waals surface area (Å²) in [6.07, 6.45) is 5.50. The molecule has 2 aliphatic rings. The Morgan fingerprint density at radius 3 is 2.76 bits per heavy atom. The van der Waals surface area contributed by atoms with E-state index in [0.29, 0.717) is 0 Å². The van der Waals surface area contributed by atoms with Gasteiger partial charge in [-0.05, 0) is 25.8 Å². The summed E-state index contributed by atoms with van der Waals surface area (Å²) in [5.74, 6) is 0.887. The van der Waals surface area contributed by atoms with Crippen LogP contribution in [0.25, 0.3) is 0 Å². The van der Waals surface area contributed by atoms with Gasteiger partial charge in [-0.15, -0.1) is 0 Å². The average molecular weight is 240 g/mol. The second-order valence-corrected chi connectivity index (χ2v) is 6.62. The first-order valence-electron chi connectivity index (χ1n) is 7.05. The summed E-state index contributed by atoms with van der Waals surface area (Å²) in [7, 11) is 2.26. The lowest BCUT2D eigenvalue weighted by Crippen LogP contribution is -2.49. The largest absolute Gasteiger partial charge is 0.379 e.